The largest absolute Gasteiger partial charge is 0.383 e. The Kier molecular flexibility index (Phi) is 3.77. The van der Waals surface area contributed by atoms with Crippen LogP contribution < -0.4 is 10.9 Å². The molecule has 0 spiro atoms. The van der Waals surface area contributed by atoms with Gasteiger partial charge < -0.3 is 9.88 Å². The number of hydrogen-bond acceptors (Lipinski definition) is 3. The summed E-state index contributed by atoms with van der Waals surface area (Å²) in [5, 5.41) is 12.0. The van der Waals surface area contributed by atoms with Gasteiger partial charge in [0.25, 0.3) is 5.56 Å². The Bertz CT molecular complexity index is 625. The highest BCUT2D eigenvalue weighted by molar-refractivity contribution is 5.48. The Balaban J connectivity index is 1.95. The maximum atomic E-state index is 11.5. The van der Waals surface area contributed by atoms with Gasteiger partial charge in [-0.2, -0.15) is 5.26 Å². The quantitative estimate of drug-likeness (QED) is 0.885. The van der Waals surface area contributed by atoms with E-state index in [9.17, 15) is 4.79 Å². The van der Waals surface area contributed by atoms with Crippen LogP contribution in [0.15, 0.2) is 53.5 Å². The van der Waals surface area contributed by atoms with Crippen LogP contribution in [0.25, 0.3) is 0 Å². The minimum Gasteiger partial charge on any atom is -0.383 e. The van der Waals surface area contributed by atoms with Crippen LogP contribution in [-0.2, 0) is 6.54 Å². The van der Waals surface area contributed by atoms with Gasteiger partial charge in [-0.05, 0) is 24.3 Å². The van der Waals surface area contributed by atoms with Gasteiger partial charge in [-0.15, -0.1) is 0 Å². The molecule has 0 saturated heterocycles. The molecule has 0 fully saturated rings. The molecule has 1 N–H and O–H groups in total. The molecule has 4 nitrogen and oxygen atoms in total. The standard InChI is InChI=1S/C14H13N3O/c15-11-12-4-3-5-13(10-12)16-7-9-17-8-2-1-6-14(17)18/h1-6,8,10,16H,7,9H2. The molecule has 0 bridgehead atoms. The molecule has 0 radical (unpaired) electrons. The molecule has 1 aromatic carbocycles. The summed E-state index contributed by atoms with van der Waals surface area (Å²) in [6.45, 7) is 1.23. The first-order valence-electron chi connectivity index (χ1n) is 5.69. The third kappa shape index (κ3) is 2.98. The number of nitrogens with zero attached hydrogens (tertiary/aromatic N) is 2. The Morgan fingerprint density at radius 1 is 1.22 bits per heavy atom. The lowest BCUT2D eigenvalue weighted by atomic mass is 10.2. The highest BCUT2D eigenvalue weighted by Gasteiger charge is 1.96. The van der Waals surface area contributed by atoms with Gasteiger partial charge in [0.2, 0.25) is 0 Å². The van der Waals surface area contributed by atoms with E-state index < -0.39 is 0 Å². The minimum absolute atomic E-state index is 0.00919. The van der Waals surface area contributed by atoms with Crippen molar-refractivity contribution in [2.75, 3.05) is 11.9 Å². The molecule has 18 heavy (non-hydrogen) atoms. The molecule has 0 unspecified atom stereocenters. The van der Waals surface area contributed by atoms with Crippen LogP contribution in [0.4, 0.5) is 5.69 Å². The number of hydrogen-bond donors (Lipinski definition) is 1. The summed E-state index contributed by atoms with van der Waals surface area (Å²) in [5.41, 5.74) is 1.50. The van der Waals surface area contributed by atoms with Crippen molar-refractivity contribution in [1.82, 2.24) is 4.57 Å². The molecule has 2 aromatic rings. The van der Waals surface area contributed by atoms with Gasteiger partial charge in [0.05, 0.1) is 11.6 Å². The van der Waals surface area contributed by atoms with Crippen LogP contribution in [0.5, 0.6) is 0 Å². The van der Waals surface area contributed by atoms with Gasteiger partial charge in [0, 0.05) is 31.0 Å². The third-order valence-electron chi connectivity index (χ3n) is 2.57. The van der Waals surface area contributed by atoms with Crippen molar-refractivity contribution in [3.63, 3.8) is 0 Å². The fraction of sp³-hybridized carbons (Fsp3) is 0.143. The lowest BCUT2D eigenvalue weighted by molar-refractivity contribution is 0.697. The van der Waals surface area contributed by atoms with Crippen molar-refractivity contribution >= 4 is 5.69 Å². The lowest BCUT2D eigenvalue weighted by Crippen LogP contribution is -2.21. The predicted molar refractivity (Wildman–Crippen MR) is 70.3 cm³/mol. The number of nitriles is 1. The van der Waals surface area contributed by atoms with Gasteiger partial charge in [0.1, 0.15) is 0 Å². The molecule has 0 saturated carbocycles. The molecule has 2 rings (SSSR count). The summed E-state index contributed by atoms with van der Waals surface area (Å²) in [6.07, 6.45) is 1.76. The number of nitrogens with one attached hydrogen (secondary N) is 1. The van der Waals surface area contributed by atoms with Gasteiger partial charge >= 0.3 is 0 Å². The first kappa shape index (κ1) is 11.9. The average Bonchev–Trinajstić information content (AvgIpc) is 2.41. The maximum Gasteiger partial charge on any atom is 0.250 e. The smallest absolute Gasteiger partial charge is 0.250 e. The number of aromatic nitrogens is 1. The number of rotatable bonds is 4. The molecule has 0 amide bonds. The second-order valence-corrected chi connectivity index (χ2v) is 3.85. The highest BCUT2D eigenvalue weighted by Crippen LogP contribution is 2.08. The van der Waals surface area contributed by atoms with Crippen molar-refractivity contribution in [3.05, 3.63) is 64.6 Å². The molecular formula is C14H13N3O. The van der Waals surface area contributed by atoms with E-state index in [-0.39, 0.29) is 5.56 Å². The molecule has 0 aliphatic carbocycles. The molecule has 0 aliphatic rings. The van der Waals surface area contributed by atoms with E-state index in [1.807, 2.05) is 18.2 Å². The predicted octanol–water partition coefficient (Wildman–Crippen LogP) is 1.83. The van der Waals surface area contributed by atoms with Crippen LogP contribution in [0.2, 0.25) is 0 Å². The highest BCUT2D eigenvalue weighted by atomic mass is 16.1. The van der Waals surface area contributed by atoms with Crippen LogP contribution in [0, 0.1) is 11.3 Å². The maximum absolute atomic E-state index is 11.5. The molecule has 0 aliphatic heterocycles. The molecule has 1 aromatic heterocycles. The van der Waals surface area contributed by atoms with Crippen LogP contribution in [-0.4, -0.2) is 11.1 Å². The molecule has 4 heteroatoms. The summed E-state index contributed by atoms with van der Waals surface area (Å²) >= 11 is 0. The van der Waals surface area contributed by atoms with E-state index in [1.54, 1.807) is 29.0 Å². The van der Waals surface area contributed by atoms with Crippen LogP contribution >= 0.6 is 0 Å². The fourth-order valence-electron chi connectivity index (χ4n) is 1.66. The summed E-state index contributed by atoms with van der Waals surface area (Å²) in [6, 6.07) is 14.5. The SMILES string of the molecule is N#Cc1cccc(NCCn2ccccc2=O)c1. The zero-order chi connectivity index (χ0) is 12.8. The molecular weight excluding hydrogens is 226 g/mol. The number of anilines is 1. The van der Waals surface area contributed by atoms with Gasteiger partial charge in [-0.1, -0.05) is 12.1 Å². The van der Waals surface area contributed by atoms with E-state index >= 15 is 0 Å². The van der Waals surface area contributed by atoms with Gasteiger partial charge in [0.15, 0.2) is 0 Å². The van der Waals surface area contributed by atoms with Crippen LogP contribution in [0.1, 0.15) is 5.56 Å². The number of pyridine rings is 1. The fourth-order valence-corrected chi connectivity index (χ4v) is 1.66. The zero-order valence-electron chi connectivity index (χ0n) is 9.84. The first-order valence-corrected chi connectivity index (χ1v) is 5.69. The van der Waals surface area contributed by atoms with E-state index in [0.29, 0.717) is 18.7 Å². The zero-order valence-corrected chi connectivity index (χ0v) is 9.84. The normalized spacial score (nSPS) is 9.72. The summed E-state index contributed by atoms with van der Waals surface area (Å²) in [4.78, 5) is 11.5. The van der Waals surface area contributed by atoms with Crippen LogP contribution in [0.3, 0.4) is 0 Å². The Hall–Kier alpha value is -2.54. The van der Waals surface area contributed by atoms with Crippen molar-refractivity contribution < 1.29 is 0 Å². The minimum atomic E-state index is -0.00919. The Morgan fingerprint density at radius 3 is 2.89 bits per heavy atom. The monoisotopic (exact) mass is 239 g/mol. The van der Waals surface area contributed by atoms with E-state index in [0.717, 1.165) is 5.69 Å². The molecule has 0 atom stereocenters. The Labute approximate surface area is 105 Å². The van der Waals surface area contributed by atoms with Crippen molar-refractivity contribution in [3.8, 4) is 6.07 Å². The summed E-state index contributed by atoms with van der Waals surface area (Å²) in [7, 11) is 0. The molecule has 90 valence electrons. The lowest BCUT2D eigenvalue weighted by Gasteiger charge is -2.08. The van der Waals surface area contributed by atoms with Crippen molar-refractivity contribution in [1.29, 1.82) is 5.26 Å². The topological polar surface area (TPSA) is 57.8 Å². The van der Waals surface area contributed by atoms with Gasteiger partial charge in [-0.25, -0.2) is 0 Å². The number of benzene rings is 1. The summed E-state index contributed by atoms with van der Waals surface area (Å²) in [5.74, 6) is 0. The second kappa shape index (κ2) is 5.69. The van der Waals surface area contributed by atoms with E-state index in [2.05, 4.69) is 11.4 Å². The Morgan fingerprint density at radius 2 is 2.11 bits per heavy atom. The molecule has 1 heterocycles. The van der Waals surface area contributed by atoms with Crippen molar-refractivity contribution in [2.24, 2.45) is 0 Å². The van der Waals surface area contributed by atoms with Gasteiger partial charge in [-0.3, -0.25) is 4.79 Å². The first-order chi connectivity index (χ1) is 8.79. The average molecular weight is 239 g/mol. The van der Waals surface area contributed by atoms with E-state index in [4.69, 9.17) is 5.26 Å². The third-order valence-corrected chi connectivity index (χ3v) is 2.57. The van der Waals surface area contributed by atoms with E-state index in [1.165, 1.54) is 6.07 Å². The second-order valence-electron chi connectivity index (χ2n) is 3.85. The van der Waals surface area contributed by atoms with Crippen molar-refractivity contribution in [2.45, 2.75) is 6.54 Å². The summed E-state index contributed by atoms with van der Waals surface area (Å²) < 4.78 is 1.64.